The lowest BCUT2D eigenvalue weighted by molar-refractivity contribution is 0.0958. The topological polar surface area (TPSA) is 54.9 Å². The molecule has 2 aromatic heterocycles. The third kappa shape index (κ3) is 2.54. The monoisotopic (exact) mass is 407 g/mol. The minimum atomic E-state index is -0.384. The predicted molar refractivity (Wildman–Crippen MR) is 91.0 cm³/mol. The SMILES string of the molecule is CNC(=O)c1ccc(-c2ncc3c(I)cccc3c2F)cn1. The first-order valence-corrected chi connectivity index (χ1v) is 7.61. The molecule has 0 unspecified atom stereocenters. The van der Waals surface area contributed by atoms with Gasteiger partial charge in [-0.15, -0.1) is 0 Å². The Morgan fingerprint density at radius 1 is 1.14 bits per heavy atom. The Morgan fingerprint density at radius 3 is 2.64 bits per heavy atom. The Balaban J connectivity index is 2.10. The zero-order valence-electron chi connectivity index (χ0n) is 11.6. The second kappa shape index (κ2) is 5.96. The summed E-state index contributed by atoms with van der Waals surface area (Å²) in [5, 5.41) is 3.79. The van der Waals surface area contributed by atoms with E-state index in [1.807, 2.05) is 12.1 Å². The lowest BCUT2D eigenvalue weighted by atomic mass is 10.1. The van der Waals surface area contributed by atoms with Crippen LogP contribution in [0.25, 0.3) is 22.0 Å². The molecule has 6 heteroatoms. The Labute approximate surface area is 139 Å². The Hall–Kier alpha value is -2.09. The van der Waals surface area contributed by atoms with Crippen LogP contribution in [0.5, 0.6) is 0 Å². The van der Waals surface area contributed by atoms with Crippen molar-refractivity contribution in [3.63, 3.8) is 0 Å². The molecule has 0 spiro atoms. The molecule has 4 nitrogen and oxygen atoms in total. The zero-order valence-corrected chi connectivity index (χ0v) is 13.8. The number of benzene rings is 1. The number of nitrogens with zero attached hydrogens (tertiary/aromatic N) is 2. The molecule has 1 aromatic carbocycles. The molecule has 0 bridgehead atoms. The average Bonchev–Trinajstić information content (AvgIpc) is 2.55. The smallest absolute Gasteiger partial charge is 0.269 e. The van der Waals surface area contributed by atoms with Crippen LogP contribution in [0.2, 0.25) is 0 Å². The molecule has 0 radical (unpaired) electrons. The minimum absolute atomic E-state index is 0.227. The molecule has 1 N–H and O–H groups in total. The van der Waals surface area contributed by atoms with Crippen LogP contribution in [0.4, 0.5) is 4.39 Å². The fourth-order valence-corrected chi connectivity index (χ4v) is 2.81. The summed E-state index contributed by atoms with van der Waals surface area (Å²) in [5.74, 6) is -0.668. The number of carbonyl (C=O) groups is 1. The summed E-state index contributed by atoms with van der Waals surface area (Å²) in [6, 6.07) is 8.63. The largest absolute Gasteiger partial charge is 0.354 e. The molecule has 0 aliphatic rings. The van der Waals surface area contributed by atoms with Gasteiger partial charge in [-0.2, -0.15) is 0 Å². The van der Waals surface area contributed by atoms with E-state index in [1.54, 1.807) is 24.4 Å². The van der Waals surface area contributed by atoms with Crippen molar-refractivity contribution < 1.29 is 9.18 Å². The van der Waals surface area contributed by atoms with Gasteiger partial charge in [0.25, 0.3) is 5.91 Å². The van der Waals surface area contributed by atoms with Crippen molar-refractivity contribution in [1.29, 1.82) is 0 Å². The first-order chi connectivity index (χ1) is 10.6. The van der Waals surface area contributed by atoms with Crippen LogP contribution in [-0.4, -0.2) is 22.9 Å². The van der Waals surface area contributed by atoms with Crippen molar-refractivity contribution in [2.45, 2.75) is 0 Å². The van der Waals surface area contributed by atoms with Crippen LogP contribution in [0.15, 0.2) is 42.7 Å². The van der Waals surface area contributed by atoms with Crippen molar-refractivity contribution in [1.82, 2.24) is 15.3 Å². The summed E-state index contributed by atoms with van der Waals surface area (Å²) in [6.07, 6.45) is 3.11. The normalized spacial score (nSPS) is 10.7. The van der Waals surface area contributed by atoms with Gasteiger partial charge in [-0.25, -0.2) is 4.39 Å². The molecule has 3 rings (SSSR count). The molecule has 2 heterocycles. The number of pyridine rings is 2. The van der Waals surface area contributed by atoms with Gasteiger partial charge in [0.2, 0.25) is 0 Å². The van der Waals surface area contributed by atoms with Crippen molar-refractivity contribution in [2.24, 2.45) is 0 Å². The van der Waals surface area contributed by atoms with Crippen LogP contribution in [0.1, 0.15) is 10.5 Å². The van der Waals surface area contributed by atoms with E-state index in [4.69, 9.17) is 0 Å². The van der Waals surface area contributed by atoms with E-state index in [9.17, 15) is 9.18 Å². The van der Waals surface area contributed by atoms with Crippen LogP contribution < -0.4 is 5.32 Å². The second-order valence-electron chi connectivity index (χ2n) is 4.63. The van der Waals surface area contributed by atoms with Gasteiger partial charge in [0.15, 0.2) is 5.82 Å². The Bertz CT molecular complexity index is 865. The maximum absolute atomic E-state index is 14.7. The third-order valence-electron chi connectivity index (χ3n) is 3.32. The molecule has 0 atom stereocenters. The van der Waals surface area contributed by atoms with E-state index in [-0.39, 0.29) is 23.1 Å². The van der Waals surface area contributed by atoms with Gasteiger partial charge in [-0.1, -0.05) is 12.1 Å². The van der Waals surface area contributed by atoms with Crippen LogP contribution >= 0.6 is 22.6 Å². The zero-order chi connectivity index (χ0) is 15.7. The molecule has 0 saturated heterocycles. The quantitative estimate of drug-likeness (QED) is 0.663. The maximum Gasteiger partial charge on any atom is 0.269 e. The fraction of sp³-hybridized carbons (Fsp3) is 0.0625. The van der Waals surface area contributed by atoms with Crippen molar-refractivity contribution in [2.75, 3.05) is 7.05 Å². The molecule has 0 aliphatic carbocycles. The lowest BCUT2D eigenvalue weighted by Gasteiger charge is -2.07. The number of amides is 1. The van der Waals surface area contributed by atoms with Crippen LogP contribution in [0, 0.1) is 9.39 Å². The highest BCUT2D eigenvalue weighted by Crippen LogP contribution is 2.28. The molecule has 3 aromatic rings. The van der Waals surface area contributed by atoms with Gasteiger partial charge >= 0.3 is 0 Å². The highest BCUT2D eigenvalue weighted by molar-refractivity contribution is 14.1. The molecule has 110 valence electrons. The second-order valence-corrected chi connectivity index (χ2v) is 5.80. The van der Waals surface area contributed by atoms with Gasteiger partial charge in [-0.05, 0) is 40.8 Å². The molecular formula is C16H11FIN3O. The predicted octanol–water partition coefficient (Wildman–Crippen LogP) is 3.40. The number of halogens is 2. The van der Waals surface area contributed by atoms with Crippen molar-refractivity contribution >= 4 is 39.3 Å². The average molecular weight is 407 g/mol. The molecule has 1 amide bonds. The lowest BCUT2D eigenvalue weighted by Crippen LogP contribution is -2.18. The van der Waals surface area contributed by atoms with Gasteiger partial charge in [0.1, 0.15) is 11.4 Å². The fourth-order valence-electron chi connectivity index (χ4n) is 2.17. The number of carbonyl (C=O) groups excluding carboxylic acids is 1. The summed E-state index contributed by atoms with van der Waals surface area (Å²) < 4.78 is 15.6. The third-order valence-corrected chi connectivity index (χ3v) is 4.26. The number of rotatable bonds is 2. The van der Waals surface area contributed by atoms with E-state index < -0.39 is 0 Å². The molecule has 0 fully saturated rings. The minimum Gasteiger partial charge on any atom is -0.354 e. The van der Waals surface area contributed by atoms with Crippen molar-refractivity contribution in [3.8, 4) is 11.3 Å². The first-order valence-electron chi connectivity index (χ1n) is 6.53. The number of nitrogens with one attached hydrogen (secondary N) is 1. The first kappa shape index (κ1) is 14.8. The van der Waals surface area contributed by atoms with Gasteiger partial charge in [0.05, 0.1) is 0 Å². The van der Waals surface area contributed by atoms with E-state index in [0.717, 1.165) is 8.96 Å². The molecule has 22 heavy (non-hydrogen) atoms. The van der Waals surface area contributed by atoms with E-state index in [2.05, 4.69) is 37.9 Å². The van der Waals surface area contributed by atoms with Gasteiger partial charge in [-0.3, -0.25) is 14.8 Å². The molecular weight excluding hydrogens is 396 g/mol. The van der Waals surface area contributed by atoms with E-state index in [1.165, 1.54) is 13.2 Å². The maximum atomic E-state index is 14.7. The number of hydrogen-bond donors (Lipinski definition) is 1. The Kier molecular flexibility index (Phi) is 4.02. The van der Waals surface area contributed by atoms with Crippen LogP contribution in [-0.2, 0) is 0 Å². The number of hydrogen-bond acceptors (Lipinski definition) is 3. The highest BCUT2D eigenvalue weighted by Gasteiger charge is 2.13. The van der Waals surface area contributed by atoms with Gasteiger partial charge in [0, 0.05) is 39.3 Å². The summed E-state index contributed by atoms with van der Waals surface area (Å²) in [4.78, 5) is 19.7. The summed E-state index contributed by atoms with van der Waals surface area (Å²) >= 11 is 2.15. The Morgan fingerprint density at radius 2 is 1.95 bits per heavy atom. The van der Waals surface area contributed by atoms with Gasteiger partial charge < -0.3 is 5.32 Å². The van der Waals surface area contributed by atoms with E-state index >= 15 is 0 Å². The highest BCUT2D eigenvalue weighted by atomic mass is 127. The number of aromatic nitrogens is 2. The molecule has 0 saturated carbocycles. The van der Waals surface area contributed by atoms with Crippen molar-refractivity contribution in [3.05, 3.63) is 57.8 Å². The van der Waals surface area contributed by atoms with E-state index in [0.29, 0.717) is 10.9 Å². The number of fused-ring (bicyclic) bond motifs is 1. The van der Waals surface area contributed by atoms with Crippen LogP contribution in [0.3, 0.4) is 0 Å². The summed E-state index contributed by atoms with van der Waals surface area (Å²) in [6.45, 7) is 0. The summed E-state index contributed by atoms with van der Waals surface area (Å²) in [7, 11) is 1.53. The standard InChI is InChI=1S/C16H11FIN3O/c1-19-16(22)13-6-5-9(7-20-13)15-14(17)10-3-2-4-12(18)11(10)8-21-15/h2-8H,1H3,(H,19,22). The molecule has 0 aliphatic heterocycles. The summed E-state index contributed by atoms with van der Waals surface area (Å²) in [5.41, 5.74) is 1.04.